The summed E-state index contributed by atoms with van der Waals surface area (Å²) in [5.74, 6) is 0.706. The minimum Gasteiger partial charge on any atom is -0.495 e. The van der Waals surface area contributed by atoms with Crippen LogP contribution < -0.4 is 19.5 Å². The average molecular weight is 441 g/mol. The Kier molecular flexibility index (Phi) is 6.81. The number of nitrogens with one attached hydrogen (secondary N) is 2. The zero-order valence-corrected chi connectivity index (χ0v) is 18.3. The lowest BCUT2D eigenvalue weighted by molar-refractivity contribution is -0.122. The monoisotopic (exact) mass is 440 g/mol. The number of hydrogen-bond donors (Lipinski definition) is 2. The molecule has 0 saturated carbocycles. The van der Waals surface area contributed by atoms with Gasteiger partial charge in [0.25, 0.3) is 15.9 Å². The number of amides is 1. The van der Waals surface area contributed by atoms with E-state index in [2.05, 4.69) is 10.0 Å². The number of benzene rings is 3. The Hall–Kier alpha value is -3.52. The van der Waals surface area contributed by atoms with Gasteiger partial charge in [-0.3, -0.25) is 9.52 Å². The van der Waals surface area contributed by atoms with Gasteiger partial charge in [-0.2, -0.15) is 0 Å². The topological polar surface area (TPSA) is 93.7 Å². The summed E-state index contributed by atoms with van der Waals surface area (Å²) in [4.78, 5) is 12.5. The smallest absolute Gasteiger partial charge is 0.265 e. The van der Waals surface area contributed by atoms with Gasteiger partial charge in [-0.05, 0) is 61.9 Å². The third-order valence-electron chi connectivity index (χ3n) is 4.55. The van der Waals surface area contributed by atoms with Gasteiger partial charge in [-0.25, -0.2) is 8.42 Å². The summed E-state index contributed by atoms with van der Waals surface area (Å²) in [6.07, 6.45) is -0.725. The van der Waals surface area contributed by atoms with Crippen LogP contribution in [0.25, 0.3) is 0 Å². The Morgan fingerprint density at radius 2 is 1.52 bits per heavy atom. The molecule has 0 aliphatic carbocycles. The molecule has 1 unspecified atom stereocenters. The van der Waals surface area contributed by atoms with E-state index in [4.69, 9.17) is 9.47 Å². The molecular formula is C23H24N2O5S. The molecular weight excluding hydrogens is 416 g/mol. The largest absolute Gasteiger partial charge is 0.495 e. The van der Waals surface area contributed by atoms with E-state index in [1.165, 1.54) is 31.4 Å². The number of carbonyl (C=O) groups excluding carboxylic acids is 1. The van der Waals surface area contributed by atoms with Crippen molar-refractivity contribution in [2.45, 2.75) is 24.8 Å². The SMILES string of the molecule is COc1ccccc1NS(=O)(=O)c1ccc(NC(=O)C(C)Oc2ccccc2C)cc1. The maximum Gasteiger partial charge on any atom is 0.265 e. The van der Waals surface area contributed by atoms with Crippen LogP contribution in [0, 0.1) is 6.92 Å². The van der Waals surface area contributed by atoms with Crippen molar-refractivity contribution in [1.82, 2.24) is 0 Å². The molecule has 0 fully saturated rings. The second-order valence-corrected chi connectivity index (χ2v) is 8.53. The van der Waals surface area contributed by atoms with Crippen molar-refractivity contribution in [3.63, 3.8) is 0 Å². The summed E-state index contributed by atoms with van der Waals surface area (Å²) < 4.78 is 38.7. The third kappa shape index (κ3) is 5.55. The van der Waals surface area contributed by atoms with Crippen LogP contribution in [-0.2, 0) is 14.8 Å². The molecule has 162 valence electrons. The predicted molar refractivity (Wildman–Crippen MR) is 120 cm³/mol. The number of anilines is 2. The summed E-state index contributed by atoms with van der Waals surface area (Å²) in [7, 11) is -2.35. The van der Waals surface area contributed by atoms with Crippen molar-refractivity contribution in [2.75, 3.05) is 17.1 Å². The maximum absolute atomic E-state index is 12.7. The molecule has 8 heteroatoms. The average Bonchev–Trinajstić information content (AvgIpc) is 2.76. The highest BCUT2D eigenvalue weighted by atomic mass is 32.2. The Morgan fingerprint density at radius 1 is 0.903 bits per heavy atom. The molecule has 2 N–H and O–H groups in total. The number of carbonyl (C=O) groups is 1. The zero-order valence-electron chi connectivity index (χ0n) is 17.5. The Balaban J connectivity index is 1.66. The van der Waals surface area contributed by atoms with Crippen molar-refractivity contribution in [3.8, 4) is 11.5 Å². The molecule has 31 heavy (non-hydrogen) atoms. The molecule has 1 amide bonds. The summed E-state index contributed by atoms with van der Waals surface area (Å²) in [6, 6.07) is 20.0. The fraction of sp³-hybridized carbons (Fsp3) is 0.174. The first-order valence-corrected chi connectivity index (χ1v) is 11.1. The molecule has 0 spiro atoms. The molecule has 0 saturated heterocycles. The van der Waals surface area contributed by atoms with Crippen LogP contribution in [-0.4, -0.2) is 27.5 Å². The van der Waals surface area contributed by atoms with Gasteiger partial charge >= 0.3 is 0 Å². The molecule has 0 aliphatic heterocycles. The Labute approximate surface area is 182 Å². The molecule has 3 aromatic carbocycles. The fourth-order valence-corrected chi connectivity index (χ4v) is 3.90. The fourth-order valence-electron chi connectivity index (χ4n) is 2.83. The maximum atomic E-state index is 12.7. The highest BCUT2D eigenvalue weighted by Gasteiger charge is 2.18. The second kappa shape index (κ2) is 9.53. The van der Waals surface area contributed by atoms with Crippen molar-refractivity contribution >= 4 is 27.3 Å². The molecule has 0 aliphatic rings. The van der Waals surface area contributed by atoms with Crippen LogP contribution >= 0.6 is 0 Å². The molecule has 0 bridgehead atoms. The van der Waals surface area contributed by atoms with E-state index < -0.39 is 16.1 Å². The molecule has 0 aromatic heterocycles. The number of rotatable bonds is 8. The minimum atomic E-state index is -3.82. The standard InChI is InChI=1S/C23H24N2O5S/c1-16-8-4-6-10-21(16)30-17(2)23(26)24-18-12-14-19(15-13-18)31(27,28)25-20-9-5-7-11-22(20)29-3/h4-15,17,25H,1-3H3,(H,24,26). The van der Waals surface area contributed by atoms with Gasteiger partial charge in [0.2, 0.25) is 0 Å². The first-order chi connectivity index (χ1) is 14.8. The van der Waals surface area contributed by atoms with Crippen molar-refractivity contribution in [3.05, 3.63) is 78.4 Å². The molecule has 1 atom stereocenters. The summed E-state index contributed by atoms with van der Waals surface area (Å²) in [5.41, 5.74) is 1.73. The van der Waals surface area contributed by atoms with Crippen LogP contribution in [0.5, 0.6) is 11.5 Å². The molecule has 3 rings (SSSR count). The highest BCUT2D eigenvalue weighted by molar-refractivity contribution is 7.92. The lowest BCUT2D eigenvalue weighted by atomic mass is 10.2. The first-order valence-electron chi connectivity index (χ1n) is 9.59. The lowest BCUT2D eigenvalue weighted by Gasteiger charge is -2.16. The van der Waals surface area contributed by atoms with Gasteiger partial charge in [0, 0.05) is 5.69 Å². The van der Waals surface area contributed by atoms with Crippen LogP contribution in [0.3, 0.4) is 0 Å². The number of sulfonamides is 1. The van der Waals surface area contributed by atoms with E-state index in [0.717, 1.165) is 5.56 Å². The van der Waals surface area contributed by atoms with Gasteiger partial charge in [0.15, 0.2) is 6.10 Å². The zero-order chi connectivity index (χ0) is 22.4. The summed E-state index contributed by atoms with van der Waals surface area (Å²) >= 11 is 0. The van der Waals surface area contributed by atoms with E-state index in [1.54, 1.807) is 37.3 Å². The molecule has 3 aromatic rings. The van der Waals surface area contributed by atoms with Crippen molar-refractivity contribution < 1.29 is 22.7 Å². The van der Waals surface area contributed by atoms with Crippen LogP contribution in [0.4, 0.5) is 11.4 Å². The molecule has 0 radical (unpaired) electrons. The van der Waals surface area contributed by atoms with Gasteiger partial charge in [0.1, 0.15) is 11.5 Å². The Bertz CT molecular complexity index is 1160. The van der Waals surface area contributed by atoms with Crippen LogP contribution in [0.2, 0.25) is 0 Å². The molecule has 0 heterocycles. The second-order valence-electron chi connectivity index (χ2n) is 6.84. The third-order valence-corrected chi connectivity index (χ3v) is 5.93. The number of ether oxygens (including phenoxy) is 2. The van der Waals surface area contributed by atoms with E-state index in [0.29, 0.717) is 22.9 Å². The number of para-hydroxylation sites is 3. The van der Waals surface area contributed by atoms with Crippen molar-refractivity contribution in [1.29, 1.82) is 0 Å². The van der Waals surface area contributed by atoms with Crippen LogP contribution in [0.1, 0.15) is 12.5 Å². The normalized spacial score (nSPS) is 12.0. The number of aryl methyl sites for hydroxylation is 1. The Morgan fingerprint density at radius 3 is 2.16 bits per heavy atom. The minimum absolute atomic E-state index is 0.0561. The number of hydrogen-bond acceptors (Lipinski definition) is 5. The lowest BCUT2D eigenvalue weighted by Crippen LogP contribution is -2.30. The predicted octanol–water partition coefficient (Wildman–Crippen LogP) is 4.21. The van der Waals surface area contributed by atoms with E-state index in [9.17, 15) is 13.2 Å². The first kappa shape index (κ1) is 22.2. The molecule has 7 nitrogen and oxygen atoms in total. The highest BCUT2D eigenvalue weighted by Crippen LogP contribution is 2.26. The van der Waals surface area contributed by atoms with Gasteiger partial charge in [0.05, 0.1) is 17.7 Å². The van der Waals surface area contributed by atoms with Crippen LogP contribution in [0.15, 0.2) is 77.7 Å². The summed E-state index contributed by atoms with van der Waals surface area (Å²) in [5, 5.41) is 2.73. The van der Waals surface area contributed by atoms with Gasteiger partial charge in [-0.1, -0.05) is 30.3 Å². The summed E-state index contributed by atoms with van der Waals surface area (Å²) in [6.45, 7) is 3.55. The van der Waals surface area contributed by atoms with Crippen molar-refractivity contribution in [2.24, 2.45) is 0 Å². The number of methoxy groups -OCH3 is 1. The van der Waals surface area contributed by atoms with E-state index in [-0.39, 0.29) is 10.8 Å². The van der Waals surface area contributed by atoms with E-state index >= 15 is 0 Å². The van der Waals surface area contributed by atoms with Gasteiger partial charge < -0.3 is 14.8 Å². The van der Waals surface area contributed by atoms with Gasteiger partial charge in [-0.15, -0.1) is 0 Å². The quantitative estimate of drug-likeness (QED) is 0.547. The van der Waals surface area contributed by atoms with E-state index in [1.807, 2.05) is 25.1 Å².